The molecule has 3 heteroatoms. The van der Waals surface area contributed by atoms with Crippen LogP contribution in [0.5, 0.6) is 0 Å². The molecule has 0 radical (unpaired) electrons. The fourth-order valence-electron chi connectivity index (χ4n) is 1.93. The number of hydrogen-bond acceptors (Lipinski definition) is 1. The van der Waals surface area contributed by atoms with E-state index in [1.54, 1.807) is 0 Å². The van der Waals surface area contributed by atoms with Gasteiger partial charge in [-0.15, -0.1) is 11.6 Å². The van der Waals surface area contributed by atoms with E-state index in [1.807, 2.05) is 13.8 Å². The number of aromatic nitrogens is 2. The monoisotopic (exact) mass is 228 g/mol. The van der Waals surface area contributed by atoms with Gasteiger partial charge in [-0.05, 0) is 33.6 Å². The molecule has 1 heterocycles. The van der Waals surface area contributed by atoms with Gasteiger partial charge in [-0.2, -0.15) is 5.10 Å². The minimum Gasteiger partial charge on any atom is -0.266 e. The van der Waals surface area contributed by atoms with E-state index in [-0.39, 0.29) is 5.38 Å². The van der Waals surface area contributed by atoms with Crippen molar-refractivity contribution >= 4 is 11.6 Å². The zero-order valence-electron chi connectivity index (χ0n) is 10.5. The summed E-state index contributed by atoms with van der Waals surface area (Å²) in [5.41, 5.74) is 3.45. The third kappa shape index (κ3) is 2.36. The maximum atomic E-state index is 6.16. The van der Waals surface area contributed by atoms with Gasteiger partial charge in [0.2, 0.25) is 0 Å². The Morgan fingerprint density at radius 3 is 2.00 bits per heavy atom. The molecule has 2 unspecified atom stereocenters. The molecule has 86 valence electrons. The fraction of sp³-hybridized carbons (Fsp3) is 0.750. The lowest BCUT2D eigenvalue weighted by Crippen LogP contribution is -2.14. The molecular weight excluding hydrogens is 208 g/mol. The predicted molar refractivity (Wildman–Crippen MR) is 65.5 cm³/mol. The van der Waals surface area contributed by atoms with Gasteiger partial charge in [0.25, 0.3) is 0 Å². The van der Waals surface area contributed by atoms with Crippen LogP contribution >= 0.6 is 11.6 Å². The van der Waals surface area contributed by atoms with E-state index < -0.39 is 0 Å². The van der Waals surface area contributed by atoms with E-state index >= 15 is 0 Å². The van der Waals surface area contributed by atoms with Crippen molar-refractivity contribution in [3.63, 3.8) is 0 Å². The molecule has 0 amide bonds. The largest absolute Gasteiger partial charge is 0.266 e. The van der Waals surface area contributed by atoms with Crippen LogP contribution in [0.2, 0.25) is 0 Å². The van der Waals surface area contributed by atoms with Crippen molar-refractivity contribution in [3.8, 4) is 0 Å². The van der Waals surface area contributed by atoms with Crippen LogP contribution in [0, 0.1) is 19.8 Å². The summed E-state index contributed by atoms with van der Waals surface area (Å²) in [5, 5.41) is 4.62. The SMILES string of the molecule is Cc1nn(C(C)C(C)C)c(C)c1C(C)Cl. The third-order valence-electron chi connectivity index (χ3n) is 3.13. The van der Waals surface area contributed by atoms with Gasteiger partial charge in [-0.3, -0.25) is 4.68 Å². The quantitative estimate of drug-likeness (QED) is 0.715. The zero-order chi connectivity index (χ0) is 11.7. The highest BCUT2D eigenvalue weighted by Gasteiger charge is 2.19. The Morgan fingerprint density at radius 2 is 1.67 bits per heavy atom. The molecule has 2 nitrogen and oxygen atoms in total. The Labute approximate surface area is 97.6 Å². The highest BCUT2D eigenvalue weighted by atomic mass is 35.5. The van der Waals surface area contributed by atoms with E-state index in [2.05, 4.69) is 37.5 Å². The van der Waals surface area contributed by atoms with Crippen molar-refractivity contribution in [1.29, 1.82) is 0 Å². The Bertz CT molecular complexity index is 340. The average molecular weight is 229 g/mol. The molecule has 0 N–H and O–H groups in total. The van der Waals surface area contributed by atoms with Gasteiger partial charge < -0.3 is 0 Å². The molecule has 1 aromatic heterocycles. The Kier molecular flexibility index (Phi) is 3.82. The van der Waals surface area contributed by atoms with E-state index in [1.165, 1.54) is 11.3 Å². The Hall–Kier alpha value is -0.500. The molecule has 0 saturated carbocycles. The number of halogens is 1. The lowest BCUT2D eigenvalue weighted by atomic mass is 10.1. The van der Waals surface area contributed by atoms with Crippen LogP contribution in [0.25, 0.3) is 0 Å². The topological polar surface area (TPSA) is 17.8 Å². The van der Waals surface area contributed by atoms with Crippen LogP contribution in [0.4, 0.5) is 0 Å². The van der Waals surface area contributed by atoms with Crippen LogP contribution in [0.3, 0.4) is 0 Å². The van der Waals surface area contributed by atoms with Crippen molar-refractivity contribution < 1.29 is 0 Å². The van der Waals surface area contributed by atoms with E-state index in [4.69, 9.17) is 11.6 Å². The van der Waals surface area contributed by atoms with E-state index in [0.717, 1.165) is 5.69 Å². The first-order valence-corrected chi connectivity index (χ1v) is 5.99. The average Bonchev–Trinajstić information content (AvgIpc) is 2.40. The summed E-state index contributed by atoms with van der Waals surface area (Å²) < 4.78 is 2.11. The number of aryl methyl sites for hydroxylation is 1. The minimum atomic E-state index is 0.0399. The van der Waals surface area contributed by atoms with Gasteiger partial charge >= 0.3 is 0 Å². The maximum Gasteiger partial charge on any atom is 0.0643 e. The second kappa shape index (κ2) is 4.56. The first-order chi connectivity index (χ1) is 6.86. The van der Waals surface area contributed by atoms with Crippen LogP contribution in [-0.4, -0.2) is 9.78 Å². The highest BCUT2D eigenvalue weighted by molar-refractivity contribution is 6.20. The second-order valence-corrected chi connectivity index (χ2v) is 5.28. The summed E-state index contributed by atoms with van der Waals surface area (Å²) in [7, 11) is 0. The first-order valence-electron chi connectivity index (χ1n) is 5.56. The zero-order valence-corrected chi connectivity index (χ0v) is 11.3. The van der Waals surface area contributed by atoms with Crippen molar-refractivity contribution in [3.05, 3.63) is 17.0 Å². The summed E-state index contributed by atoms with van der Waals surface area (Å²) >= 11 is 6.16. The van der Waals surface area contributed by atoms with Crippen molar-refractivity contribution in [2.45, 2.75) is 53.0 Å². The van der Waals surface area contributed by atoms with Crippen LogP contribution in [-0.2, 0) is 0 Å². The molecule has 0 fully saturated rings. The number of hydrogen-bond donors (Lipinski definition) is 0. The summed E-state index contributed by atoms with van der Waals surface area (Å²) in [4.78, 5) is 0. The molecule has 1 rings (SSSR count). The maximum absolute atomic E-state index is 6.16. The summed E-state index contributed by atoms with van der Waals surface area (Å²) in [6.07, 6.45) is 0. The van der Waals surface area contributed by atoms with E-state index in [9.17, 15) is 0 Å². The highest BCUT2D eigenvalue weighted by Crippen LogP contribution is 2.29. The fourth-order valence-corrected chi connectivity index (χ4v) is 2.25. The molecule has 1 aromatic rings. The van der Waals surface area contributed by atoms with Gasteiger partial charge in [0.15, 0.2) is 0 Å². The molecule has 0 bridgehead atoms. The van der Waals surface area contributed by atoms with Gasteiger partial charge in [0, 0.05) is 11.3 Å². The number of rotatable bonds is 3. The standard InChI is InChI=1S/C12H21ClN2/c1-7(2)10(5)15-11(6)12(8(3)13)9(4)14-15/h7-8,10H,1-6H3. The molecule has 2 atom stereocenters. The van der Waals surface area contributed by atoms with Crippen LogP contribution < -0.4 is 0 Å². The van der Waals surface area contributed by atoms with Crippen molar-refractivity contribution in [2.75, 3.05) is 0 Å². The van der Waals surface area contributed by atoms with E-state index in [0.29, 0.717) is 12.0 Å². The van der Waals surface area contributed by atoms with Gasteiger partial charge in [0.05, 0.1) is 17.1 Å². The summed E-state index contributed by atoms with van der Waals surface area (Å²) in [6, 6.07) is 0.424. The van der Waals surface area contributed by atoms with Crippen molar-refractivity contribution in [2.24, 2.45) is 5.92 Å². The molecule has 0 aliphatic heterocycles. The number of alkyl halides is 1. The normalized spacial score (nSPS) is 15.7. The molecule has 0 aromatic carbocycles. The Balaban J connectivity index is 3.17. The first kappa shape index (κ1) is 12.6. The van der Waals surface area contributed by atoms with Crippen LogP contribution in [0.15, 0.2) is 0 Å². The van der Waals surface area contributed by atoms with Crippen LogP contribution in [0.1, 0.15) is 56.1 Å². The molecule has 0 aliphatic carbocycles. The lowest BCUT2D eigenvalue weighted by molar-refractivity contribution is 0.367. The van der Waals surface area contributed by atoms with Crippen molar-refractivity contribution in [1.82, 2.24) is 9.78 Å². The second-order valence-electron chi connectivity index (χ2n) is 4.63. The molecular formula is C12H21ClN2. The molecule has 0 aliphatic rings. The minimum absolute atomic E-state index is 0.0399. The van der Waals surface area contributed by atoms with Gasteiger partial charge in [-0.25, -0.2) is 0 Å². The Morgan fingerprint density at radius 1 is 1.13 bits per heavy atom. The summed E-state index contributed by atoms with van der Waals surface area (Å²) in [6.45, 7) is 12.8. The molecule has 15 heavy (non-hydrogen) atoms. The predicted octanol–water partition coefficient (Wildman–Crippen LogP) is 4.02. The lowest BCUT2D eigenvalue weighted by Gasteiger charge is -2.18. The third-order valence-corrected chi connectivity index (χ3v) is 3.35. The van der Waals surface area contributed by atoms with Gasteiger partial charge in [0.1, 0.15) is 0 Å². The molecule has 0 saturated heterocycles. The molecule has 0 spiro atoms. The summed E-state index contributed by atoms with van der Waals surface area (Å²) in [5.74, 6) is 0.585. The smallest absolute Gasteiger partial charge is 0.0643 e. The number of nitrogens with zero attached hydrogens (tertiary/aromatic N) is 2. The van der Waals surface area contributed by atoms with Gasteiger partial charge in [-0.1, -0.05) is 13.8 Å².